The van der Waals surface area contributed by atoms with E-state index in [2.05, 4.69) is 15.9 Å². The minimum atomic E-state index is -0.693. The van der Waals surface area contributed by atoms with Gasteiger partial charge in [0.1, 0.15) is 11.9 Å². The highest BCUT2D eigenvalue weighted by Gasteiger charge is 2.16. The smallest absolute Gasteiger partial charge is 0.125 e. The Bertz CT molecular complexity index is 573. The number of ether oxygens (including phenoxy) is 1. The van der Waals surface area contributed by atoms with Crippen molar-refractivity contribution in [3.8, 4) is 5.75 Å². The quantitative estimate of drug-likeness (QED) is 0.883. The Labute approximate surface area is 128 Å². The third kappa shape index (κ3) is 3.62. The Morgan fingerprint density at radius 3 is 2.45 bits per heavy atom. The SMILES string of the molecule is Cc1cc(Br)cc(C(O)c2ccccc2OC(C)C)c1. The number of hydrogen-bond acceptors (Lipinski definition) is 2. The second-order valence-electron chi connectivity index (χ2n) is 5.17. The predicted octanol–water partition coefficient (Wildman–Crippen LogP) is 4.63. The number of aryl methyl sites for hydroxylation is 1. The van der Waals surface area contributed by atoms with Crippen molar-refractivity contribution in [2.45, 2.75) is 33.0 Å². The predicted molar refractivity (Wildman–Crippen MR) is 85.1 cm³/mol. The lowest BCUT2D eigenvalue weighted by atomic mass is 9.99. The second-order valence-corrected chi connectivity index (χ2v) is 6.08. The van der Waals surface area contributed by atoms with Crippen LogP contribution in [0.4, 0.5) is 0 Å². The fraction of sp³-hybridized carbons (Fsp3) is 0.294. The van der Waals surface area contributed by atoms with E-state index in [0.29, 0.717) is 0 Å². The maximum absolute atomic E-state index is 10.6. The topological polar surface area (TPSA) is 29.5 Å². The molecular formula is C17H19BrO2. The van der Waals surface area contributed by atoms with Crippen molar-refractivity contribution in [2.75, 3.05) is 0 Å². The number of halogens is 1. The Hall–Kier alpha value is -1.32. The van der Waals surface area contributed by atoms with Crippen LogP contribution < -0.4 is 4.74 Å². The first-order valence-electron chi connectivity index (χ1n) is 6.68. The summed E-state index contributed by atoms with van der Waals surface area (Å²) in [5.74, 6) is 0.729. The fourth-order valence-corrected chi connectivity index (χ4v) is 2.80. The highest BCUT2D eigenvalue weighted by atomic mass is 79.9. The van der Waals surface area contributed by atoms with Gasteiger partial charge in [-0.2, -0.15) is 0 Å². The monoisotopic (exact) mass is 334 g/mol. The van der Waals surface area contributed by atoms with Crippen molar-refractivity contribution in [1.82, 2.24) is 0 Å². The molecule has 0 saturated heterocycles. The molecule has 2 rings (SSSR count). The zero-order valence-corrected chi connectivity index (χ0v) is 13.5. The van der Waals surface area contributed by atoms with Crippen molar-refractivity contribution in [3.05, 3.63) is 63.6 Å². The average Bonchev–Trinajstić information content (AvgIpc) is 2.36. The van der Waals surface area contributed by atoms with Crippen LogP contribution in [0.15, 0.2) is 46.9 Å². The van der Waals surface area contributed by atoms with E-state index in [4.69, 9.17) is 4.74 Å². The first-order chi connectivity index (χ1) is 9.47. The molecule has 1 atom stereocenters. The lowest BCUT2D eigenvalue weighted by Gasteiger charge is -2.19. The first kappa shape index (κ1) is 15.1. The van der Waals surface area contributed by atoms with Crippen molar-refractivity contribution < 1.29 is 9.84 Å². The summed E-state index contributed by atoms with van der Waals surface area (Å²) in [6, 6.07) is 13.6. The van der Waals surface area contributed by atoms with Crippen LogP contribution in [0.1, 0.15) is 36.6 Å². The zero-order valence-electron chi connectivity index (χ0n) is 11.9. The summed E-state index contributed by atoms with van der Waals surface area (Å²) in [4.78, 5) is 0. The Morgan fingerprint density at radius 2 is 1.80 bits per heavy atom. The summed E-state index contributed by atoms with van der Waals surface area (Å²) in [6.45, 7) is 5.97. The number of aliphatic hydroxyl groups is 1. The van der Waals surface area contributed by atoms with Crippen LogP contribution in [0.3, 0.4) is 0 Å². The molecule has 0 saturated carbocycles. The van der Waals surface area contributed by atoms with E-state index in [1.165, 1.54) is 0 Å². The van der Waals surface area contributed by atoms with Gasteiger partial charge in [0.2, 0.25) is 0 Å². The summed E-state index contributed by atoms with van der Waals surface area (Å²) in [7, 11) is 0. The van der Waals surface area contributed by atoms with E-state index in [9.17, 15) is 5.11 Å². The molecule has 1 N–H and O–H groups in total. The lowest BCUT2D eigenvalue weighted by molar-refractivity contribution is 0.198. The number of rotatable bonds is 4. The Morgan fingerprint density at radius 1 is 1.10 bits per heavy atom. The number of benzene rings is 2. The van der Waals surface area contributed by atoms with Crippen LogP contribution in [-0.2, 0) is 0 Å². The molecule has 0 aromatic heterocycles. The third-order valence-corrected chi connectivity index (χ3v) is 3.41. The summed E-state index contributed by atoms with van der Waals surface area (Å²) >= 11 is 3.47. The molecule has 2 nitrogen and oxygen atoms in total. The molecule has 0 aliphatic rings. The van der Waals surface area contributed by atoms with Gasteiger partial charge in [0.15, 0.2) is 0 Å². The fourth-order valence-electron chi connectivity index (χ4n) is 2.17. The highest BCUT2D eigenvalue weighted by molar-refractivity contribution is 9.10. The van der Waals surface area contributed by atoms with Crippen molar-refractivity contribution >= 4 is 15.9 Å². The summed E-state index contributed by atoms with van der Waals surface area (Å²) in [5, 5.41) is 10.6. The van der Waals surface area contributed by atoms with E-state index in [-0.39, 0.29) is 6.10 Å². The maximum Gasteiger partial charge on any atom is 0.125 e. The number of aliphatic hydroxyl groups excluding tert-OH is 1. The molecule has 106 valence electrons. The zero-order chi connectivity index (χ0) is 14.7. The van der Waals surface area contributed by atoms with Crippen LogP contribution in [0.2, 0.25) is 0 Å². The molecule has 1 unspecified atom stereocenters. The van der Waals surface area contributed by atoms with E-state index in [0.717, 1.165) is 26.9 Å². The molecule has 2 aromatic rings. The second kappa shape index (κ2) is 6.42. The highest BCUT2D eigenvalue weighted by Crippen LogP contribution is 2.32. The molecule has 0 bridgehead atoms. The van der Waals surface area contributed by atoms with E-state index >= 15 is 0 Å². The van der Waals surface area contributed by atoms with Crippen LogP contribution in [-0.4, -0.2) is 11.2 Å². The molecular weight excluding hydrogens is 316 g/mol. The first-order valence-corrected chi connectivity index (χ1v) is 7.47. The molecule has 0 aliphatic carbocycles. The van der Waals surface area contributed by atoms with Gasteiger partial charge in [-0.1, -0.05) is 40.2 Å². The third-order valence-electron chi connectivity index (χ3n) is 2.96. The van der Waals surface area contributed by atoms with Gasteiger partial charge < -0.3 is 9.84 Å². The lowest BCUT2D eigenvalue weighted by Crippen LogP contribution is -2.10. The molecule has 20 heavy (non-hydrogen) atoms. The van der Waals surface area contributed by atoms with Crippen molar-refractivity contribution in [3.63, 3.8) is 0 Å². The molecule has 0 aliphatic heterocycles. The van der Waals surface area contributed by atoms with Crippen molar-refractivity contribution in [2.24, 2.45) is 0 Å². The van der Waals surface area contributed by atoms with Crippen LogP contribution in [0, 0.1) is 6.92 Å². The number of hydrogen-bond donors (Lipinski definition) is 1. The van der Waals surface area contributed by atoms with Crippen molar-refractivity contribution in [1.29, 1.82) is 0 Å². The van der Waals surface area contributed by atoms with Crippen LogP contribution in [0.5, 0.6) is 5.75 Å². The van der Waals surface area contributed by atoms with Gasteiger partial charge in [0, 0.05) is 10.0 Å². The molecule has 2 aromatic carbocycles. The molecule has 0 fully saturated rings. The summed E-state index contributed by atoms with van der Waals surface area (Å²) < 4.78 is 6.74. The molecule has 0 spiro atoms. The largest absolute Gasteiger partial charge is 0.491 e. The standard InChI is InChI=1S/C17H19BrO2/c1-11(2)20-16-7-5-4-6-15(16)17(19)13-8-12(3)9-14(18)10-13/h4-11,17,19H,1-3H3. The van der Waals surface area contributed by atoms with Crippen LogP contribution >= 0.6 is 15.9 Å². The molecule has 0 heterocycles. The summed E-state index contributed by atoms with van der Waals surface area (Å²) in [6.07, 6.45) is -0.617. The van der Waals surface area contributed by atoms with E-state index < -0.39 is 6.10 Å². The van der Waals surface area contributed by atoms with E-state index in [1.807, 2.05) is 63.2 Å². The van der Waals surface area contributed by atoms with Gasteiger partial charge >= 0.3 is 0 Å². The van der Waals surface area contributed by atoms with Crippen LogP contribution in [0.25, 0.3) is 0 Å². The summed E-state index contributed by atoms with van der Waals surface area (Å²) in [5.41, 5.74) is 2.76. The van der Waals surface area contributed by atoms with Gasteiger partial charge in [0.05, 0.1) is 6.10 Å². The van der Waals surface area contributed by atoms with Gasteiger partial charge in [0.25, 0.3) is 0 Å². The Kier molecular flexibility index (Phi) is 4.84. The van der Waals surface area contributed by atoms with Gasteiger partial charge in [-0.25, -0.2) is 0 Å². The minimum absolute atomic E-state index is 0.0765. The Balaban J connectivity index is 2.39. The maximum atomic E-state index is 10.6. The molecule has 3 heteroatoms. The molecule has 0 radical (unpaired) electrons. The normalized spacial score (nSPS) is 12.5. The van der Waals surface area contributed by atoms with Gasteiger partial charge in [-0.05, 0) is 50.1 Å². The molecule has 0 amide bonds. The van der Waals surface area contributed by atoms with Gasteiger partial charge in [-0.3, -0.25) is 0 Å². The van der Waals surface area contributed by atoms with Gasteiger partial charge in [-0.15, -0.1) is 0 Å². The number of para-hydroxylation sites is 1. The average molecular weight is 335 g/mol. The van der Waals surface area contributed by atoms with E-state index in [1.54, 1.807) is 0 Å². The minimum Gasteiger partial charge on any atom is -0.491 e.